The number of likely N-dealkylation sites (tertiary alicyclic amines) is 1. The van der Waals surface area contributed by atoms with Crippen molar-refractivity contribution in [2.24, 2.45) is 5.92 Å². The van der Waals surface area contributed by atoms with Crippen LogP contribution >= 0.6 is 0 Å². The standard InChI is InChI=1S/C17H30N4/c1-14(2)7-3-4-10-20-11-5-8-15(13-20)17-19-18-16-9-6-12-21(16)17/h14-15H,3-13H2,1-2H3/t15-/m0/s1. The molecule has 0 aromatic carbocycles. The summed E-state index contributed by atoms with van der Waals surface area (Å²) in [6.45, 7) is 9.53. The number of hydrogen-bond donors (Lipinski definition) is 0. The lowest BCUT2D eigenvalue weighted by Gasteiger charge is -2.32. The monoisotopic (exact) mass is 290 g/mol. The molecule has 4 nitrogen and oxygen atoms in total. The first-order valence-corrected chi connectivity index (χ1v) is 8.88. The summed E-state index contributed by atoms with van der Waals surface area (Å²) in [5.41, 5.74) is 0. The maximum atomic E-state index is 4.50. The van der Waals surface area contributed by atoms with Crippen LogP contribution in [0, 0.1) is 5.92 Å². The molecule has 3 rings (SSSR count). The van der Waals surface area contributed by atoms with Crippen LogP contribution in [0.4, 0.5) is 0 Å². The van der Waals surface area contributed by atoms with Gasteiger partial charge in [0.2, 0.25) is 0 Å². The van der Waals surface area contributed by atoms with Crippen molar-refractivity contribution in [3.05, 3.63) is 11.6 Å². The van der Waals surface area contributed by atoms with Gasteiger partial charge in [-0.15, -0.1) is 10.2 Å². The molecule has 2 aliphatic rings. The molecule has 0 unspecified atom stereocenters. The van der Waals surface area contributed by atoms with E-state index in [1.54, 1.807) is 0 Å². The fourth-order valence-corrected chi connectivity index (χ4v) is 3.83. The Morgan fingerprint density at radius 1 is 1.14 bits per heavy atom. The maximum absolute atomic E-state index is 4.50. The van der Waals surface area contributed by atoms with Crippen LogP contribution in [0.25, 0.3) is 0 Å². The van der Waals surface area contributed by atoms with Crippen molar-refractivity contribution in [3.8, 4) is 0 Å². The number of piperidine rings is 1. The number of hydrogen-bond acceptors (Lipinski definition) is 3. The Bertz CT molecular complexity index is 452. The molecule has 0 bridgehead atoms. The minimum atomic E-state index is 0.614. The van der Waals surface area contributed by atoms with Crippen molar-refractivity contribution in [1.82, 2.24) is 19.7 Å². The van der Waals surface area contributed by atoms with Crippen molar-refractivity contribution in [2.45, 2.75) is 71.3 Å². The number of rotatable bonds is 6. The molecule has 3 heterocycles. The molecule has 0 saturated carbocycles. The summed E-state index contributed by atoms with van der Waals surface area (Å²) in [5.74, 6) is 3.95. The van der Waals surface area contributed by atoms with E-state index in [1.165, 1.54) is 69.8 Å². The van der Waals surface area contributed by atoms with Gasteiger partial charge in [0.25, 0.3) is 0 Å². The van der Waals surface area contributed by atoms with Gasteiger partial charge in [-0.3, -0.25) is 0 Å². The quantitative estimate of drug-likeness (QED) is 0.754. The van der Waals surface area contributed by atoms with E-state index in [-0.39, 0.29) is 0 Å². The molecule has 0 aliphatic carbocycles. The second-order valence-corrected chi connectivity index (χ2v) is 7.26. The average Bonchev–Trinajstić information content (AvgIpc) is 3.06. The van der Waals surface area contributed by atoms with E-state index in [0.29, 0.717) is 5.92 Å². The number of aryl methyl sites for hydroxylation is 1. The van der Waals surface area contributed by atoms with Crippen LogP contribution in [0.15, 0.2) is 0 Å². The van der Waals surface area contributed by atoms with Crippen molar-refractivity contribution >= 4 is 0 Å². The van der Waals surface area contributed by atoms with Crippen LogP contribution in [0.2, 0.25) is 0 Å². The van der Waals surface area contributed by atoms with Crippen LogP contribution in [0.3, 0.4) is 0 Å². The Hall–Kier alpha value is -0.900. The Kier molecular flexibility index (Phi) is 4.94. The molecule has 0 amide bonds. The first-order chi connectivity index (χ1) is 10.2. The molecule has 1 aromatic rings. The number of nitrogens with zero attached hydrogens (tertiary/aromatic N) is 4. The van der Waals surface area contributed by atoms with Crippen molar-refractivity contribution in [3.63, 3.8) is 0 Å². The van der Waals surface area contributed by atoms with Gasteiger partial charge >= 0.3 is 0 Å². The van der Waals surface area contributed by atoms with E-state index in [4.69, 9.17) is 0 Å². The van der Waals surface area contributed by atoms with Gasteiger partial charge in [0, 0.05) is 25.4 Å². The lowest BCUT2D eigenvalue weighted by molar-refractivity contribution is 0.197. The van der Waals surface area contributed by atoms with E-state index in [0.717, 1.165) is 18.9 Å². The van der Waals surface area contributed by atoms with Gasteiger partial charge in [-0.25, -0.2) is 0 Å². The molecule has 1 fully saturated rings. The summed E-state index contributed by atoms with van der Waals surface area (Å²) < 4.78 is 2.40. The van der Waals surface area contributed by atoms with Gasteiger partial charge in [-0.2, -0.15) is 0 Å². The zero-order valence-electron chi connectivity index (χ0n) is 13.7. The minimum absolute atomic E-state index is 0.614. The van der Waals surface area contributed by atoms with E-state index in [2.05, 4.69) is 33.5 Å². The molecule has 118 valence electrons. The highest BCUT2D eigenvalue weighted by Gasteiger charge is 2.27. The van der Waals surface area contributed by atoms with Crippen LogP contribution in [0.5, 0.6) is 0 Å². The zero-order valence-corrected chi connectivity index (χ0v) is 13.7. The van der Waals surface area contributed by atoms with Gasteiger partial charge in [0.15, 0.2) is 0 Å². The third-order valence-electron chi connectivity index (χ3n) is 5.01. The molecule has 4 heteroatoms. The third kappa shape index (κ3) is 3.65. The number of fused-ring (bicyclic) bond motifs is 1. The lowest BCUT2D eigenvalue weighted by atomic mass is 9.96. The van der Waals surface area contributed by atoms with E-state index >= 15 is 0 Å². The predicted molar refractivity (Wildman–Crippen MR) is 85.4 cm³/mol. The Balaban J connectivity index is 1.51. The first kappa shape index (κ1) is 15.0. The van der Waals surface area contributed by atoms with Gasteiger partial charge in [-0.1, -0.05) is 26.7 Å². The van der Waals surface area contributed by atoms with Gasteiger partial charge < -0.3 is 9.47 Å². The molecule has 0 radical (unpaired) electrons. The predicted octanol–water partition coefficient (Wildman–Crippen LogP) is 3.23. The molecular formula is C17H30N4. The van der Waals surface area contributed by atoms with Crippen molar-refractivity contribution in [2.75, 3.05) is 19.6 Å². The molecular weight excluding hydrogens is 260 g/mol. The normalized spacial score (nSPS) is 22.9. The highest BCUT2D eigenvalue weighted by atomic mass is 15.3. The molecule has 1 atom stereocenters. The third-order valence-corrected chi connectivity index (χ3v) is 5.01. The Morgan fingerprint density at radius 2 is 2.05 bits per heavy atom. The van der Waals surface area contributed by atoms with Gasteiger partial charge in [0.05, 0.1) is 0 Å². The van der Waals surface area contributed by atoms with Gasteiger partial charge in [-0.05, 0) is 44.7 Å². The SMILES string of the molecule is CC(C)CCCCN1CCC[C@H](c2nnc3n2CCC3)C1. The van der Waals surface area contributed by atoms with Crippen molar-refractivity contribution < 1.29 is 0 Å². The Labute approximate surface area is 128 Å². The minimum Gasteiger partial charge on any atom is -0.315 e. The smallest absolute Gasteiger partial charge is 0.137 e. The molecule has 1 saturated heterocycles. The van der Waals surface area contributed by atoms with E-state index in [1.807, 2.05) is 0 Å². The van der Waals surface area contributed by atoms with E-state index in [9.17, 15) is 0 Å². The second-order valence-electron chi connectivity index (χ2n) is 7.26. The van der Waals surface area contributed by atoms with Crippen LogP contribution in [0.1, 0.15) is 69.9 Å². The van der Waals surface area contributed by atoms with E-state index < -0.39 is 0 Å². The molecule has 2 aliphatic heterocycles. The first-order valence-electron chi connectivity index (χ1n) is 8.88. The topological polar surface area (TPSA) is 34.0 Å². The fraction of sp³-hybridized carbons (Fsp3) is 0.882. The maximum Gasteiger partial charge on any atom is 0.137 e. The average molecular weight is 290 g/mol. The summed E-state index contributed by atoms with van der Waals surface area (Å²) in [6, 6.07) is 0. The summed E-state index contributed by atoms with van der Waals surface area (Å²) in [4.78, 5) is 2.66. The highest BCUT2D eigenvalue weighted by Crippen LogP contribution is 2.28. The summed E-state index contributed by atoms with van der Waals surface area (Å²) >= 11 is 0. The molecule has 0 N–H and O–H groups in total. The highest BCUT2D eigenvalue weighted by molar-refractivity contribution is 5.07. The van der Waals surface area contributed by atoms with Crippen molar-refractivity contribution in [1.29, 1.82) is 0 Å². The molecule has 0 spiro atoms. The number of aromatic nitrogens is 3. The molecule has 1 aromatic heterocycles. The fourth-order valence-electron chi connectivity index (χ4n) is 3.83. The van der Waals surface area contributed by atoms with Crippen LogP contribution < -0.4 is 0 Å². The largest absolute Gasteiger partial charge is 0.315 e. The van der Waals surface area contributed by atoms with Crippen LogP contribution in [-0.2, 0) is 13.0 Å². The molecule has 21 heavy (non-hydrogen) atoms. The summed E-state index contributed by atoms with van der Waals surface area (Å²) in [7, 11) is 0. The van der Waals surface area contributed by atoms with Crippen LogP contribution in [-0.4, -0.2) is 39.3 Å². The second kappa shape index (κ2) is 6.91. The number of unbranched alkanes of at least 4 members (excludes halogenated alkanes) is 1. The lowest BCUT2D eigenvalue weighted by Crippen LogP contribution is -2.36. The zero-order chi connectivity index (χ0) is 14.7. The van der Waals surface area contributed by atoms with Gasteiger partial charge in [0.1, 0.15) is 11.6 Å². The summed E-state index contributed by atoms with van der Waals surface area (Å²) in [5, 5.41) is 8.89. The Morgan fingerprint density at radius 3 is 2.90 bits per heavy atom. The summed E-state index contributed by atoms with van der Waals surface area (Å²) in [6.07, 6.45) is 9.08.